The average molecular weight is 502 g/mol. The van der Waals surface area contributed by atoms with Gasteiger partial charge in [-0.1, -0.05) is 24.3 Å². The van der Waals surface area contributed by atoms with Gasteiger partial charge in [0.25, 0.3) is 0 Å². The van der Waals surface area contributed by atoms with Crippen molar-refractivity contribution >= 4 is 29.3 Å². The molecule has 0 radical (unpaired) electrons. The first-order valence-electron chi connectivity index (χ1n) is 10.8. The van der Waals surface area contributed by atoms with Crippen LogP contribution in [0.4, 0.5) is 18.9 Å². The number of fused-ring (bicyclic) bond motifs is 1. The number of hydrogen-bond donors (Lipinski definition) is 1. The second-order valence-electron chi connectivity index (χ2n) is 8.08. The zero-order valence-corrected chi connectivity index (χ0v) is 19.4. The molecule has 1 aliphatic heterocycles. The Balaban J connectivity index is 1.31. The number of carboxylic acid groups (broad SMARTS) is 1. The Morgan fingerprint density at radius 1 is 0.971 bits per heavy atom. The molecular formula is C26H22F3NO4S. The topological polar surface area (TPSA) is 66.8 Å². The van der Waals surface area contributed by atoms with Gasteiger partial charge in [0.05, 0.1) is 5.56 Å². The summed E-state index contributed by atoms with van der Waals surface area (Å²) < 4.78 is 43.7. The van der Waals surface area contributed by atoms with E-state index in [-0.39, 0.29) is 19.1 Å². The maximum Gasteiger partial charge on any atom is 0.416 e. The number of hydrogen-bond acceptors (Lipinski definition) is 4. The molecule has 3 aromatic carbocycles. The van der Waals surface area contributed by atoms with E-state index in [4.69, 9.17) is 9.84 Å². The molecule has 0 unspecified atom stereocenters. The number of carbonyl (C=O) groups excluding carboxylic acids is 1. The van der Waals surface area contributed by atoms with Gasteiger partial charge in [-0.15, -0.1) is 11.8 Å². The van der Waals surface area contributed by atoms with Crippen molar-refractivity contribution in [3.63, 3.8) is 0 Å². The van der Waals surface area contributed by atoms with Gasteiger partial charge in [0, 0.05) is 22.8 Å². The summed E-state index contributed by atoms with van der Waals surface area (Å²) in [4.78, 5) is 25.5. The van der Waals surface area contributed by atoms with Crippen LogP contribution in [0.3, 0.4) is 0 Å². The highest BCUT2D eigenvalue weighted by Gasteiger charge is 2.30. The van der Waals surface area contributed by atoms with Crippen molar-refractivity contribution in [1.82, 2.24) is 0 Å². The van der Waals surface area contributed by atoms with E-state index in [1.165, 1.54) is 17.0 Å². The highest BCUT2D eigenvalue weighted by molar-refractivity contribution is 7.98. The standard InChI is InChI=1S/C26H22F3NO4S/c27-26(28,29)20-6-1-17(2-7-20)15-34-21-8-3-18(4-9-21)16-35-22-10-11-23-19(13-22)5-12-24(31)30(23)14-25(32)33/h1-4,6-11,13H,5,12,14-16H2,(H,32,33). The number of nitrogens with zero attached hydrogens (tertiary/aromatic N) is 1. The fraction of sp³-hybridized carbons (Fsp3) is 0.231. The normalized spacial score (nSPS) is 13.5. The number of amides is 1. The highest BCUT2D eigenvalue weighted by Crippen LogP contribution is 2.33. The van der Waals surface area contributed by atoms with Gasteiger partial charge < -0.3 is 14.7 Å². The Kier molecular flexibility index (Phi) is 7.35. The number of carbonyl (C=O) groups is 2. The Bertz CT molecular complexity index is 1210. The lowest BCUT2D eigenvalue weighted by Gasteiger charge is -2.28. The van der Waals surface area contributed by atoms with E-state index in [1.807, 2.05) is 36.4 Å². The fourth-order valence-corrected chi connectivity index (χ4v) is 4.66. The number of rotatable bonds is 8. The van der Waals surface area contributed by atoms with Crippen molar-refractivity contribution in [3.05, 3.63) is 89.0 Å². The molecule has 9 heteroatoms. The van der Waals surface area contributed by atoms with Crippen molar-refractivity contribution in [1.29, 1.82) is 0 Å². The number of aliphatic carboxylic acids is 1. The minimum absolute atomic E-state index is 0.169. The van der Waals surface area contributed by atoms with Gasteiger partial charge in [0.1, 0.15) is 18.9 Å². The lowest BCUT2D eigenvalue weighted by Crippen LogP contribution is -2.38. The number of aryl methyl sites for hydroxylation is 1. The predicted octanol–water partition coefficient (Wildman–Crippen LogP) is 5.94. The maximum absolute atomic E-state index is 12.7. The van der Waals surface area contributed by atoms with Gasteiger partial charge in [-0.2, -0.15) is 13.2 Å². The summed E-state index contributed by atoms with van der Waals surface area (Å²) in [7, 11) is 0. The van der Waals surface area contributed by atoms with Crippen molar-refractivity contribution < 1.29 is 32.6 Å². The Morgan fingerprint density at radius 3 is 2.31 bits per heavy atom. The van der Waals surface area contributed by atoms with Crippen LogP contribution in [0.15, 0.2) is 71.6 Å². The maximum atomic E-state index is 12.7. The van der Waals surface area contributed by atoms with E-state index in [0.29, 0.717) is 35.6 Å². The first kappa shape index (κ1) is 24.7. The molecule has 0 atom stereocenters. The van der Waals surface area contributed by atoms with Gasteiger partial charge in [-0.25, -0.2) is 0 Å². The van der Waals surface area contributed by atoms with Crippen molar-refractivity contribution in [2.75, 3.05) is 11.4 Å². The summed E-state index contributed by atoms with van der Waals surface area (Å²) in [6, 6.07) is 18.1. The first-order valence-corrected chi connectivity index (χ1v) is 11.8. The molecule has 1 heterocycles. The molecule has 4 rings (SSSR count). The summed E-state index contributed by atoms with van der Waals surface area (Å²) in [6.45, 7) is -0.172. The molecule has 0 saturated heterocycles. The van der Waals surface area contributed by atoms with Crippen LogP contribution in [0, 0.1) is 0 Å². The zero-order chi connectivity index (χ0) is 25.0. The van der Waals surface area contributed by atoms with Gasteiger partial charge in [-0.3, -0.25) is 9.59 Å². The number of benzene rings is 3. The molecular weight excluding hydrogens is 479 g/mol. The molecule has 0 spiro atoms. The minimum Gasteiger partial charge on any atom is -0.489 e. The lowest BCUT2D eigenvalue weighted by atomic mass is 10.0. The van der Waals surface area contributed by atoms with Gasteiger partial charge in [-0.05, 0) is 65.6 Å². The lowest BCUT2D eigenvalue weighted by molar-refractivity contribution is -0.138. The molecule has 0 fully saturated rings. The molecule has 5 nitrogen and oxygen atoms in total. The van der Waals surface area contributed by atoms with E-state index in [2.05, 4.69) is 0 Å². The highest BCUT2D eigenvalue weighted by atomic mass is 32.2. The fourth-order valence-electron chi connectivity index (χ4n) is 3.74. The molecule has 1 amide bonds. The summed E-state index contributed by atoms with van der Waals surface area (Å²) in [5.74, 6) is 0.100. The monoisotopic (exact) mass is 501 g/mol. The third kappa shape index (κ3) is 6.36. The largest absolute Gasteiger partial charge is 0.489 e. The second kappa shape index (κ2) is 10.4. The molecule has 182 valence electrons. The molecule has 0 aromatic heterocycles. The molecule has 0 aliphatic carbocycles. The van der Waals surface area contributed by atoms with Crippen LogP contribution < -0.4 is 9.64 Å². The van der Waals surface area contributed by atoms with Crippen LogP contribution in [0.1, 0.15) is 28.7 Å². The summed E-state index contributed by atoms with van der Waals surface area (Å²) >= 11 is 1.63. The van der Waals surface area contributed by atoms with Crippen LogP contribution in [0.5, 0.6) is 5.75 Å². The Labute approximate surface area is 204 Å². The number of ether oxygens (including phenoxy) is 1. The molecule has 0 bridgehead atoms. The van der Waals surface area contributed by atoms with Crippen LogP contribution >= 0.6 is 11.8 Å². The minimum atomic E-state index is -4.36. The Morgan fingerprint density at radius 2 is 1.66 bits per heavy atom. The quantitative estimate of drug-likeness (QED) is 0.387. The van der Waals surface area contributed by atoms with Crippen LogP contribution in [0.2, 0.25) is 0 Å². The van der Waals surface area contributed by atoms with E-state index in [1.54, 1.807) is 17.8 Å². The van der Waals surface area contributed by atoms with Crippen LogP contribution in [0.25, 0.3) is 0 Å². The second-order valence-corrected chi connectivity index (χ2v) is 9.13. The SMILES string of the molecule is O=C(O)CN1C(=O)CCc2cc(SCc3ccc(OCc4ccc(C(F)(F)F)cc4)cc3)ccc21. The Hall–Kier alpha value is -3.46. The number of alkyl halides is 3. The van der Waals surface area contributed by atoms with Crippen LogP contribution in [-0.4, -0.2) is 23.5 Å². The van der Waals surface area contributed by atoms with Crippen molar-refractivity contribution in [3.8, 4) is 5.75 Å². The van der Waals surface area contributed by atoms with E-state index in [9.17, 15) is 22.8 Å². The zero-order valence-electron chi connectivity index (χ0n) is 18.5. The van der Waals surface area contributed by atoms with E-state index in [0.717, 1.165) is 28.2 Å². The van der Waals surface area contributed by atoms with Crippen molar-refractivity contribution in [2.24, 2.45) is 0 Å². The molecule has 3 aromatic rings. The summed E-state index contributed by atoms with van der Waals surface area (Å²) in [5.41, 5.74) is 2.64. The average Bonchev–Trinajstić information content (AvgIpc) is 2.83. The first-order chi connectivity index (χ1) is 16.7. The summed E-state index contributed by atoms with van der Waals surface area (Å²) in [5, 5.41) is 9.08. The predicted molar refractivity (Wildman–Crippen MR) is 127 cm³/mol. The van der Waals surface area contributed by atoms with Gasteiger partial charge in [0.2, 0.25) is 5.91 Å². The molecule has 1 N–H and O–H groups in total. The number of anilines is 1. The summed E-state index contributed by atoms with van der Waals surface area (Å²) in [6.07, 6.45) is -3.47. The van der Waals surface area contributed by atoms with Gasteiger partial charge >= 0.3 is 12.1 Å². The molecule has 0 saturated carbocycles. The smallest absolute Gasteiger partial charge is 0.416 e. The number of carboxylic acids is 1. The number of thioether (sulfide) groups is 1. The molecule has 35 heavy (non-hydrogen) atoms. The third-order valence-corrected chi connectivity index (χ3v) is 6.62. The van der Waals surface area contributed by atoms with Crippen LogP contribution in [-0.2, 0) is 34.5 Å². The van der Waals surface area contributed by atoms with Crippen molar-refractivity contribution in [2.45, 2.75) is 36.3 Å². The number of halogens is 3. The van der Waals surface area contributed by atoms with E-state index < -0.39 is 17.7 Å². The van der Waals surface area contributed by atoms with E-state index >= 15 is 0 Å². The van der Waals surface area contributed by atoms with Gasteiger partial charge in [0.15, 0.2) is 0 Å². The third-order valence-electron chi connectivity index (χ3n) is 5.56. The molecule has 1 aliphatic rings.